The Morgan fingerprint density at radius 3 is 2.38 bits per heavy atom. The minimum Gasteiger partial charge on any atom is -0.481 e. The van der Waals surface area contributed by atoms with E-state index in [2.05, 4.69) is 0 Å². The first-order chi connectivity index (χ1) is 5.97. The minimum atomic E-state index is -1.56. The molecule has 0 aliphatic heterocycles. The highest BCUT2D eigenvalue weighted by Gasteiger charge is 2.21. The summed E-state index contributed by atoms with van der Waals surface area (Å²) < 4.78 is 4.71. The second-order valence-corrected chi connectivity index (χ2v) is 2.77. The van der Waals surface area contributed by atoms with Crippen molar-refractivity contribution in [1.29, 1.82) is 0 Å². The summed E-state index contributed by atoms with van der Waals surface area (Å²) in [5.41, 5.74) is 0. The molecule has 76 valence electrons. The molecule has 0 bridgehead atoms. The number of hydrogen-bond donors (Lipinski definition) is 2. The number of rotatable bonds is 5. The van der Waals surface area contributed by atoms with Gasteiger partial charge in [-0.3, -0.25) is 4.79 Å². The van der Waals surface area contributed by atoms with E-state index in [9.17, 15) is 9.59 Å². The van der Waals surface area contributed by atoms with E-state index in [1.54, 1.807) is 6.92 Å². The number of carboxylic acids is 1. The smallest absolute Gasteiger partial charge is 0.335 e. The monoisotopic (exact) mass is 190 g/mol. The molecule has 0 saturated heterocycles. The Bertz CT molecular complexity index is 189. The normalized spacial score (nSPS) is 14.7. The third-order valence-corrected chi connectivity index (χ3v) is 1.53. The van der Waals surface area contributed by atoms with E-state index in [4.69, 9.17) is 14.9 Å². The summed E-state index contributed by atoms with van der Waals surface area (Å²) >= 11 is 0. The second-order valence-electron chi connectivity index (χ2n) is 2.77. The molecule has 0 aliphatic carbocycles. The molecular weight excluding hydrogens is 176 g/mol. The van der Waals surface area contributed by atoms with Gasteiger partial charge in [0.15, 0.2) is 6.10 Å². The van der Waals surface area contributed by atoms with Crippen LogP contribution in [0.1, 0.15) is 26.7 Å². The molecule has 0 aromatic rings. The Morgan fingerprint density at radius 2 is 2.00 bits per heavy atom. The van der Waals surface area contributed by atoms with E-state index < -0.39 is 24.5 Å². The molecule has 2 N–H and O–H groups in total. The highest BCUT2D eigenvalue weighted by molar-refractivity contribution is 5.80. The van der Waals surface area contributed by atoms with Gasteiger partial charge >= 0.3 is 11.9 Å². The maximum absolute atomic E-state index is 10.9. The van der Waals surface area contributed by atoms with E-state index >= 15 is 0 Å². The number of ether oxygens (including phenoxy) is 1. The number of carboxylic acid groups (broad SMARTS) is 1. The van der Waals surface area contributed by atoms with Crippen molar-refractivity contribution < 1.29 is 24.5 Å². The molecule has 5 nitrogen and oxygen atoms in total. The van der Waals surface area contributed by atoms with E-state index in [-0.39, 0.29) is 6.10 Å². The Balaban J connectivity index is 3.89. The van der Waals surface area contributed by atoms with E-state index in [1.165, 1.54) is 0 Å². The fraction of sp³-hybridized carbons (Fsp3) is 0.750. The van der Waals surface area contributed by atoms with Gasteiger partial charge in [0.2, 0.25) is 0 Å². The molecule has 2 atom stereocenters. The Hall–Kier alpha value is -1.10. The zero-order valence-electron chi connectivity index (χ0n) is 7.69. The first kappa shape index (κ1) is 11.9. The predicted molar refractivity (Wildman–Crippen MR) is 44.1 cm³/mol. The van der Waals surface area contributed by atoms with Gasteiger partial charge in [-0.2, -0.15) is 0 Å². The maximum atomic E-state index is 10.9. The largest absolute Gasteiger partial charge is 0.481 e. The molecule has 0 fully saturated rings. The predicted octanol–water partition coefficient (Wildman–Crippen LogP) is 0.164. The topological polar surface area (TPSA) is 83.8 Å². The van der Waals surface area contributed by atoms with Crippen molar-refractivity contribution in [3.8, 4) is 0 Å². The number of esters is 1. The lowest BCUT2D eigenvalue weighted by Gasteiger charge is -2.13. The molecule has 0 amide bonds. The van der Waals surface area contributed by atoms with E-state index in [0.29, 0.717) is 6.42 Å². The van der Waals surface area contributed by atoms with Gasteiger partial charge in [0, 0.05) is 0 Å². The maximum Gasteiger partial charge on any atom is 0.335 e. The molecule has 0 aromatic carbocycles. The molecule has 0 aliphatic rings. The van der Waals surface area contributed by atoms with Crippen molar-refractivity contribution in [3.63, 3.8) is 0 Å². The van der Waals surface area contributed by atoms with E-state index in [0.717, 1.165) is 0 Å². The van der Waals surface area contributed by atoms with Crippen molar-refractivity contribution in [2.24, 2.45) is 0 Å². The van der Waals surface area contributed by atoms with Crippen LogP contribution in [0.5, 0.6) is 0 Å². The third kappa shape index (κ3) is 5.19. The Labute approximate surface area is 76.3 Å². The number of aliphatic carboxylic acids is 1. The molecular formula is C8H14O5. The number of carbonyl (C=O) groups is 2. The highest BCUT2D eigenvalue weighted by Crippen LogP contribution is 2.01. The minimum absolute atomic E-state index is 0.295. The lowest BCUT2D eigenvalue weighted by Crippen LogP contribution is -2.28. The van der Waals surface area contributed by atoms with Gasteiger partial charge in [0.05, 0.1) is 12.5 Å². The van der Waals surface area contributed by atoms with Crippen LogP contribution in [0, 0.1) is 0 Å². The number of hydrogen-bond acceptors (Lipinski definition) is 4. The summed E-state index contributed by atoms with van der Waals surface area (Å²) in [5, 5.41) is 17.2. The SMILES string of the molecule is CC[C@@H](C)OC(=O)[C@H](O)CC(=O)O. The van der Waals surface area contributed by atoms with Crippen LogP contribution in [-0.4, -0.2) is 34.4 Å². The molecule has 0 radical (unpaired) electrons. The van der Waals surface area contributed by atoms with Crippen LogP contribution >= 0.6 is 0 Å². The number of carbonyl (C=O) groups excluding carboxylic acids is 1. The molecule has 0 unspecified atom stereocenters. The van der Waals surface area contributed by atoms with Gasteiger partial charge in [-0.25, -0.2) is 4.79 Å². The Kier molecular flexibility index (Phi) is 5.06. The van der Waals surface area contributed by atoms with Crippen LogP contribution in [0.25, 0.3) is 0 Å². The zero-order valence-corrected chi connectivity index (χ0v) is 7.69. The molecule has 0 aromatic heterocycles. The lowest BCUT2D eigenvalue weighted by molar-refractivity contribution is -0.162. The average Bonchev–Trinajstić information content (AvgIpc) is 2.02. The van der Waals surface area contributed by atoms with Gasteiger partial charge in [-0.1, -0.05) is 6.92 Å². The first-order valence-electron chi connectivity index (χ1n) is 4.07. The van der Waals surface area contributed by atoms with Gasteiger partial charge in [-0.15, -0.1) is 0 Å². The van der Waals surface area contributed by atoms with Crippen molar-refractivity contribution in [2.75, 3.05) is 0 Å². The van der Waals surface area contributed by atoms with Gasteiger partial charge in [-0.05, 0) is 13.3 Å². The van der Waals surface area contributed by atoms with Crippen LogP contribution in [-0.2, 0) is 14.3 Å². The summed E-state index contributed by atoms with van der Waals surface area (Å²) in [4.78, 5) is 21.0. The van der Waals surface area contributed by atoms with Crippen LogP contribution < -0.4 is 0 Å². The fourth-order valence-electron chi connectivity index (χ4n) is 0.609. The number of aliphatic hydroxyl groups excluding tert-OH is 1. The van der Waals surface area contributed by atoms with Gasteiger partial charge in [0.25, 0.3) is 0 Å². The molecule has 0 saturated carbocycles. The summed E-state index contributed by atoms with van der Waals surface area (Å²) in [6, 6.07) is 0. The summed E-state index contributed by atoms with van der Waals surface area (Å²) in [6.07, 6.45) is -1.84. The molecule has 13 heavy (non-hydrogen) atoms. The van der Waals surface area contributed by atoms with Crippen LogP contribution in [0.3, 0.4) is 0 Å². The van der Waals surface area contributed by atoms with Gasteiger partial charge in [0.1, 0.15) is 0 Å². The van der Waals surface area contributed by atoms with Crippen LogP contribution in [0.2, 0.25) is 0 Å². The molecule has 5 heteroatoms. The lowest BCUT2D eigenvalue weighted by atomic mass is 10.2. The average molecular weight is 190 g/mol. The number of aliphatic hydroxyl groups is 1. The molecule has 0 heterocycles. The van der Waals surface area contributed by atoms with Crippen molar-refractivity contribution in [1.82, 2.24) is 0 Å². The summed E-state index contributed by atoms with van der Waals surface area (Å²) in [6.45, 7) is 3.49. The zero-order chi connectivity index (χ0) is 10.4. The van der Waals surface area contributed by atoms with E-state index in [1.807, 2.05) is 6.92 Å². The Morgan fingerprint density at radius 1 is 1.46 bits per heavy atom. The summed E-state index contributed by atoms with van der Waals surface area (Å²) in [5.74, 6) is -2.11. The van der Waals surface area contributed by atoms with Crippen molar-refractivity contribution in [3.05, 3.63) is 0 Å². The van der Waals surface area contributed by atoms with Crippen LogP contribution in [0.15, 0.2) is 0 Å². The second kappa shape index (κ2) is 5.53. The standard InChI is InChI=1S/C8H14O5/c1-3-5(2)13-8(12)6(9)4-7(10)11/h5-6,9H,3-4H2,1-2H3,(H,10,11)/t5-,6-/m1/s1. The van der Waals surface area contributed by atoms with Crippen LogP contribution in [0.4, 0.5) is 0 Å². The van der Waals surface area contributed by atoms with Crippen molar-refractivity contribution in [2.45, 2.75) is 38.9 Å². The van der Waals surface area contributed by atoms with Gasteiger partial charge < -0.3 is 14.9 Å². The molecule has 0 spiro atoms. The van der Waals surface area contributed by atoms with Crippen molar-refractivity contribution >= 4 is 11.9 Å². The molecule has 0 rings (SSSR count). The summed E-state index contributed by atoms with van der Waals surface area (Å²) in [7, 11) is 0. The third-order valence-electron chi connectivity index (χ3n) is 1.53. The fourth-order valence-corrected chi connectivity index (χ4v) is 0.609. The first-order valence-corrected chi connectivity index (χ1v) is 4.07. The highest BCUT2D eigenvalue weighted by atomic mass is 16.6. The quantitative estimate of drug-likeness (QED) is 0.603.